The molecule has 1 aromatic heterocycles. The predicted octanol–water partition coefficient (Wildman–Crippen LogP) is 1.76. The Morgan fingerprint density at radius 2 is 1.86 bits per heavy atom. The van der Waals surface area contributed by atoms with Crippen molar-refractivity contribution in [2.24, 2.45) is 0 Å². The fourth-order valence-electron chi connectivity index (χ4n) is 3.21. The van der Waals surface area contributed by atoms with Gasteiger partial charge in [-0.3, -0.25) is 4.79 Å². The zero-order valence-corrected chi connectivity index (χ0v) is 18.0. The number of piperazine rings is 1. The fraction of sp³-hybridized carbons (Fsp3) is 0.421. The maximum absolute atomic E-state index is 12.5. The van der Waals surface area contributed by atoms with Crippen LogP contribution in [0, 0.1) is 13.8 Å². The summed E-state index contributed by atoms with van der Waals surface area (Å²) in [4.78, 5) is 25.2. The summed E-state index contributed by atoms with van der Waals surface area (Å²) in [6.07, 6.45) is 0.103. The van der Waals surface area contributed by atoms with Crippen LogP contribution >= 0.6 is 11.6 Å². The van der Waals surface area contributed by atoms with Crippen molar-refractivity contribution in [3.05, 3.63) is 46.9 Å². The SMILES string of the molecule is Cc1cc(N2CCN(C(=O)CCNS(=O)(=O)c3cccc(Cl)c3)CC2)nc(C)n1. The van der Waals surface area contributed by atoms with Crippen molar-refractivity contribution in [2.45, 2.75) is 25.2 Å². The number of amides is 1. The highest BCUT2D eigenvalue weighted by molar-refractivity contribution is 7.89. The van der Waals surface area contributed by atoms with Crippen LogP contribution in [0.4, 0.5) is 5.82 Å². The summed E-state index contributed by atoms with van der Waals surface area (Å²) in [5, 5.41) is 0.343. The minimum absolute atomic E-state index is 0.0399. The van der Waals surface area contributed by atoms with Gasteiger partial charge in [-0.2, -0.15) is 0 Å². The summed E-state index contributed by atoms with van der Waals surface area (Å²) in [6.45, 7) is 6.33. The van der Waals surface area contributed by atoms with Gasteiger partial charge in [-0.1, -0.05) is 17.7 Å². The van der Waals surface area contributed by atoms with E-state index in [0.29, 0.717) is 31.2 Å². The molecule has 1 saturated heterocycles. The molecule has 0 aliphatic carbocycles. The molecule has 156 valence electrons. The summed E-state index contributed by atoms with van der Waals surface area (Å²) < 4.78 is 27.0. The topological polar surface area (TPSA) is 95.5 Å². The van der Waals surface area contributed by atoms with Gasteiger partial charge in [0.2, 0.25) is 15.9 Å². The first-order valence-corrected chi connectivity index (χ1v) is 11.2. The van der Waals surface area contributed by atoms with Crippen molar-refractivity contribution in [2.75, 3.05) is 37.6 Å². The first-order chi connectivity index (χ1) is 13.7. The van der Waals surface area contributed by atoms with Crippen molar-refractivity contribution >= 4 is 33.3 Å². The molecule has 29 heavy (non-hydrogen) atoms. The summed E-state index contributed by atoms with van der Waals surface area (Å²) in [6, 6.07) is 7.96. The van der Waals surface area contributed by atoms with Gasteiger partial charge in [0, 0.05) is 55.9 Å². The smallest absolute Gasteiger partial charge is 0.240 e. The molecule has 1 N–H and O–H groups in total. The summed E-state index contributed by atoms with van der Waals surface area (Å²) >= 11 is 5.85. The zero-order chi connectivity index (χ0) is 21.0. The van der Waals surface area contributed by atoms with Gasteiger partial charge < -0.3 is 9.80 Å². The zero-order valence-electron chi connectivity index (χ0n) is 16.4. The molecule has 2 aromatic rings. The third-order valence-electron chi connectivity index (χ3n) is 4.65. The van der Waals surface area contributed by atoms with Gasteiger partial charge in [0.1, 0.15) is 11.6 Å². The number of aryl methyl sites for hydroxylation is 2. The number of carbonyl (C=O) groups is 1. The average Bonchev–Trinajstić information content (AvgIpc) is 2.67. The average molecular weight is 438 g/mol. The van der Waals surface area contributed by atoms with E-state index in [-0.39, 0.29) is 23.8 Å². The highest BCUT2D eigenvalue weighted by Crippen LogP contribution is 2.16. The molecule has 1 amide bonds. The number of aromatic nitrogens is 2. The Bertz CT molecular complexity index is 971. The molecule has 1 aromatic carbocycles. The van der Waals surface area contributed by atoms with Crippen molar-refractivity contribution in [3.63, 3.8) is 0 Å². The summed E-state index contributed by atoms with van der Waals surface area (Å²) in [5.41, 5.74) is 0.915. The van der Waals surface area contributed by atoms with E-state index in [1.807, 2.05) is 19.9 Å². The van der Waals surface area contributed by atoms with E-state index in [4.69, 9.17) is 11.6 Å². The lowest BCUT2D eigenvalue weighted by molar-refractivity contribution is -0.131. The Morgan fingerprint density at radius 3 is 2.52 bits per heavy atom. The maximum atomic E-state index is 12.5. The second kappa shape index (κ2) is 9.06. The molecule has 8 nitrogen and oxygen atoms in total. The van der Waals surface area contributed by atoms with Crippen LogP contribution in [0.3, 0.4) is 0 Å². The van der Waals surface area contributed by atoms with Gasteiger partial charge in [-0.15, -0.1) is 0 Å². The van der Waals surface area contributed by atoms with Crippen LogP contribution in [-0.4, -0.2) is 61.9 Å². The van der Waals surface area contributed by atoms with Crippen molar-refractivity contribution in [1.29, 1.82) is 0 Å². The number of benzene rings is 1. The molecule has 3 rings (SSSR count). The monoisotopic (exact) mass is 437 g/mol. The van der Waals surface area contributed by atoms with Gasteiger partial charge in [0.15, 0.2) is 0 Å². The number of rotatable bonds is 6. The second-order valence-corrected chi connectivity index (χ2v) is 9.09. The van der Waals surface area contributed by atoms with Crippen LogP contribution in [-0.2, 0) is 14.8 Å². The number of sulfonamides is 1. The van der Waals surface area contributed by atoms with E-state index in [2.05, 4.69) is 19.6 Å². The minimum atomic E-state index is -3.69. The van der Waals surface area contributed by atoms with Gasteiger partial charge in [0.25, 0.3) is 0 Å². The van der Waals surface area contributed by atoms with E-state index in [9.17, 15) is 13.2 Å². The number of carbonyl (C=O) groups excluding carboxylic acids is 1. The van der Waals surface area contributed by atoms with E-state index in [0.717, 1.165) is 17.3 Å². The van der Waals surface area contributed by atoms with Gasteiger partial charge in [-0.25, -0.2) is 23.1 Å². The third kappa shape index (κ3) is 5.65. The quantitative estimate of drug-likeness (QED) is 0.739. The van der Waals surface area contributed by atoms with Crippen LogP contribution < -0.4 is 9.62 Å². The van der Waals surface area contributed by atoms with Crippen molar-refractivity contribution < 1.29 is 13.2 Å². The van der Waals surface area contributed by atoms with Crippen molar-refractivity contribution in [1.82, 2.24) is 19.6 Å². The molecule has 2 heterocycles. The molecule has 1 fully saturated rings. The molecule has 0 unspecified atom stereocenters. The minimum Gasteiger partial charge on any atom is -0.353 e. The van der Waals surface area contributed by atoms with Crippen molar-refractivity contribution in [3.8, 4) is 0 Å². The third-order valence-corrected chi connectivity index (χ3v) is 6.34. The first kappa shape index (κ1) is 21.5. The molecule has 0 bridgehead atoms. The highest BCUT2D eigenvalue weighted by atomic mass is 35.5. The Morgan fingerprint density at radius 1 is 1.14 bits per heavy atom. The molecule has 10 heteroatoms. The summed E-state index contributed by atoms with van der Waals surface area (Å²) in [5.74, 6) is 1.52. The lowest BCUT2D eigenvalue weighted by Gasteiger charge is -2.35. The molecular weight excluding hydrogens is 414 g/mol. The molecule has 1 aliphatic heterocycles. The Hall–Kier alpha value is -2.23. The van der Waals surface area contributed by atoms with Crippen LogP contribution in [0.15, 0.2) is 35.2 Å². The number of nitrogens with one attached hydrogen (secondary N) is 1. The van der Waals surface area contributed by atoms with Crippen LogP contribution in [0.1, 0.15) is 17.9 Å². The van der Waals surface area contributed by atoms with Crippen LogP contribution in [0.25, 0.3) is 0 Å². The Balaban J connectivity index is 1.49. The highest BCUT2D eigenvalue weighted by Gasteiger charge is 2.23. The maximum Gasteiger partial charge on any atom is 0.240 e. The van der Waals surface area contributed by atoms with E-state index in [1.54, 1.807) is 17.0 Å². The van der Waals surface area contributed by atoms with Crippen LogP contribution in [0.2, 0.25) is 5.02 Å². The molecule has 1 aliphatic rings. The van der Waals surface area contributed by atoms with E-state index < -0.39 is 10.0 Å². The fourth-order valence-corrected chi connectivity index (χ4v) is 4.54. The lowest BCUT2D eigenvalue weighted by atomic mass is 10.2. The van der Waals surface area contributed by atoms with E-state index in [1.165, 1.54) is 12.1 Å². The molecular formula is C19H24ClN5O3S. The summed E-state index contributed by atoms with van der Waals surface area (Å²) in [7, 11) is -3.69. The van der Waals surface area contributed by atoms with Gasteiger partial charge in [0.05, 0.1) is 4.90 Å². The largest absolute Gasteiger partial charge is 0.353 e. The van der Waals surface area contributed by atoms with E-state index >= 15 is 0 Å². The lowest BCUT2D eigenvalue weighted by Crippen LogP contribution is -2.49. The number of hydrogen-bond donors (Lipinski definition) is 1. The molecule has 0 saturated carbocycles. The normalized spacial score (nSPS) is 14.9. The standard InChI is InChI=1S/C19H24ClN5O3S/c1-14-12-18(23-15(2)22-14)24-8-10-25(11-9-24)19(26)6-7-21-29(27,28)17-5-3-4-16(20)13-17/h3-5,12-13,21H,6-11H2,1-2H3. The Kier molecular flexibility index (Phi) is 6.71. The number of nitrogens with zero attached hydrogens (tertiary/aromatic N) is 4. The first-order valence-electron chi connectivity index (χ1n) is 9.35. The molecule has 0 radical (unpaired) electrons. The number of hydrogen-bond acceptors (Lipinski definition) is 6. The Labute approximate surface area is 176 Å². The number of halogens is 1. The second-order valence-electron chi connectivity index (χ2n) is 6.89. The number of anilines is 1. The van der Waals surface area contributed by atoms with Crippen LogP contribution in [0.5, 0.6) is 0 Å². The van der Waals surface area contributed by atoms with Gasteiger partial charge >= 0.3 is 0 Å². The predicted molar refractivity (Wildman–Crippen MR) is 112 cm³/mol. The molecule has 0 atom stereocenters. The molecule has 0 spiro atoms. The van der Waals surface area contributed by atoms with Gasteiger partial charge in [-0.05, 0) is 32.0 Å².